The van der Waals surface area contributed by atoms with E-state index in [9.17, 15) is 32.8 Å². The van der Waals surface area contributed by atoms with E-state index in [0.717, 1.165) is 19.3 Å². The summed E-state index contributed by atoms with van der Waals surface area (Å²) in [5.41, 5.74) is -1.56. The van der Waals surface area contributed by atoms with Crippen LogP contribution in [-0.4, -0.2) is 30.2 Å². The number of nitriles is 1. The van der Waals surface area contributed by atoms with Crippen LogP contribution in [0.15, 0.2) is 11.6 Å². The highest BCUT2D eigenvalue weighted by atomic mass is 19.4. The summed E-state index contributed by atoms with van der Waals surface area (Å²) in [6.07, 6.45) is 2.38. The molecule has 9 unspecified atom stereocenters. The van der Waals surface area contributed by atoms with E-state index >= 15 is 0 Å². The van der Waals surface area contributed by atoms with E-state index in [1.165, 1.54) is 0 Å². The number of hydrogen-bond acceptors (Lipinski definition) is 4. The zero-order valence-corrected chi connectivity index (χ0v) is 25.7. The van der Waals surface area contributed by atoms with Gasteiger partial charge < -0.3 is 5.32 Å². The van der Waals surface area contributed by atoms with Crippen molar-refractivity contribution in [1.82, 2.24) is 5.32 Å². The second kappa shape index (κ2) is 10.5. The van der Waals surface area contributed by atoms with E-state index in [1.807, 2.05) is 26.8 Å². The largest absolute Gasteiger partial charge is 0.405 e. The summed E-state index contributed by atoms with van der Waals surface area (Å²) in [6, 6.07) is 2.11. The molecule has 4 saturated carbocycles. The average Bonchev–Trinajstić information content (AvgIpc) is 2.90. The van der Waals surface area contributed by atoms with Crippen molar-refractivity contribution in [3.05, 3.63) is 11.6 Å². The van der Waals surface area contributed by atoms with Gasteiger partial charge in [0.25, 0.3) is 0 Å². The van der Waals surface area contributed by atoms with Crippen LogP contribution in [0.3, 0.4) is 0 Å². The molecule has 5 rings (SSSR count). The van der Waals surface area contributed by atoms with Crippen LogP contribution in [0.1, 0.15) is 99.8 Å². The predicted molar refractivity (Wildman–Crippen MR) is 150 cm³/mol. The molecule has 0 aromatic rings. The molecule has 0 saturated heterocycles. The summed E-state index contributed by atoms with van der Waals surface area (Å²) < 4.78 is 39.2. The van der Waals surface area contributed by atoms with E-state index in [0.29, 0.717) is 32.1 Å². The Labute approximate surface area is 243 Å². The van der Waals surface area contributed by atoms with Gasteiger partial charge in [0.2, 0.25) is 5.91 Å². The molecule has 228 valence electrons. The number of amides is 1. The second-order valence-corrected chi connectivity index (χ2v) is 14.7. The molecule has 0 spiro atoms. The van der Waals surface area contributed by atoms with Gasteiger partial charge in [0, 0.05) is 18.3 Å². The predicted octanol–water partition coefficient (Wildman–Crippen LogP) is 7.21. The van der Waals surface area contributed by atoms with E-state index in [4.69, 9.17) is 0 Å². The van der Waals surface area contributed by atoms with E-state index in [-0.39, 0.29) is 63.5 Å². The third kappa shape index (κ3) is 4.97. The number of fused-ring (bicyclic) bond motifs is 7. The van der Waals surface area contributed by atoms with E-state index in [2.05, 4.69) is 39.1 Å². The van der Waals surface area contributed by atoms with Crippen LogP contribution in [0.5, 0.6) is 0 Å². The summed E-state index contributed by atoms with van der Waals surface area (Å²) in [5.74, 6) is -1.42. The van der Waals surface area contributed by atoms with E-state index < -0.39 is 29.5 Å². The molecule has 1 amide bonds. The second-order valence-electron chi connectivity index (χ2n) is 14.7. The van der Waals surface area contributed by atoms with Crippen LogP contribution in [-0.2, 0) is 14.4 Å². The van der Waals surface area contributed by atoms with Gasteiger partial charge in [-0.1, -0.05) is 54.5 Å². The van der Waals surface area contributed by atoms with Gasteiger partial charge >= 0.3 is 6.18 Å². The summed E-state index contributed by atoms with van der Waals surface area (Å²) in [6.45, 7) is 13.2. The minimum Gasteiger partial charge on any atom is -0.346 e. The molecular weight excluding hydrogens is 529 g/mol. The van der Waals surface area contributed by atoms with E-state index in [1.54, 1.807) is 0 Å². The molecule has 8 heteroatoms. The van der Waals surface area contributed by atoms with Crippen molar-refractivity contribution in [3.8, 4) is 6.07 Å². The summed E-state index contributed by atoms with van der Waals surface area (Å²) in [4.78, 5) is 40.6. The van der Waals surface area contributed by atoms with Gasteiger partial charge in [0.15, 0.2) is 5.78 Å². The molecule has 0 heterocycles. The first-order chi connectivity index (χ1) is 19.0. The van der Waals surface area contributed by atoms with Crippen LogP contribution in [0.4, 0.5) is 13.2 Å². The highest BCUT2D eigenvalue weighted by Crippen LogP contribution is 2.70. The van der Waals surface area contributed by atoms with Gasteiger partial charge in [0.05, 0.1) is 11.0 Å². The smallest absolute Gasteiger partial charge is 0.346 e. The lowest BCUT2D eigenvalue weighted by molar-refractivity contribution is -0.190. The molecule has 0 aliphatic heterocycles. The highest BCUT2D eigenvalue weighted by Gasteiger charge is 2.68. The first-order valence-electron chi connectivity index (χ1n) is 15.5. The third-order valence-corrected chi connectivity index (χ3v) is 12.2. The molecule has 1 N–H and O–H groups in total. The Balaban J connectivity index is 0.00000189. The minimum absolute atomic E-state index is 0.0239. The lowest BCUT2D eigenvalue weighted by Crippen LogP contribution is -2.65. The molecular formula is C33H47F3N2O3. The van der Waals surface area contributed by atoms with Crippen molar-refractivity contribution < 1.29 is 27.6 Å². The molecule has 0 aromatic carbocycles. The maximum absolute atomic E-state index is 14.2. The minimum atomic E-state index is -4.49. The number of nitrogens with zero attached hydrogens (tertiary/aromatic N) is 1. The van der Waals surface area contributed by atoms with Crippen molar-refractivity contribution in [2.75, 3.05) is 6.54 Å². The SMILES string of the molecule is CC.CC1C(=O)C(C#N)=CC2(C)C1CCC1(C)C3CCC4(C(=O)NCC(F)(F)F)CCC(C)(C)CC4C3C(=O)CC21. The lowest BCUT2D eigenvalue weighted by atomic mass is 9.36. The number of carbonyl (C=O) groups excluding carboxylic acids is 3. The monoisotopic (exact) mass is 576 g/mol. The molecule has 9 atom stereocenters. The topological polar surface area (TPSA) is 87.0 Å². The highest BCUT2D eigenvalue weighted by molar-refractivity contribution is 6.01. The van der Waals surface area contributed by atoms with Crippen LogP contribution in [0.25, 0.3) is 0 Å². The lowest BCUT2D eigenvalue weighted by Gasteiger charge is -2.67. The van der Waals surface area contributed by atoms with Gasteiger partial charge in [0.1, 0.15) is 18.4 Å². The number of rotatable bonds is 2. The fraction of sp³-hybridized carbons (Fsp3) is 0.818. The number of carbonyl (C=O) groups is 3. The number of Topliss-reactive ketones (excluding diaryl/α,β-unsaturated/α-hetero) is 2. The van der Waals surface area contributed by atoms with Gasteiger partial charge in [-0.15, -0.1) is 0 Å². The summed E-state index contributed by atoms with van der Waals surface area (Å²) >= 11 is 0. The summed E-state index contributed by atoms with van der Waals surface area (Å²) in [5, 5.41) is 11.9. The Kier molecular flexibility index (Phi) is 8.15. The Morgan fingerprint density at radius 1 is 1.02 bits per heavy atom. The third-order valence-electron chi connectivity index (χ3n) is 12.2. The zero-order valence-electron chi connectivity index (χ0n) is 25.7. The zero-order chi connectivity index (χ0) is 30.8. The Hall–Kier alpha value is -2.17. The van der Waals surface area contributed by atoms with Crippen LogP contribution in [0, 0.1) is 68.5 Å². The molecule has 0 radical (unpaired) electrons. The van der Waals surface area contributed by atoms with Crippen LogP contribution in [0.2, 0.25) is 0 Å². The van der Waals surface area contributed by atoms with Crippen LogP contribution >= 0.6 is 0 Å². The number of ketones is 2. The van der Waals surface area contributed by atoms with Gasteiger partial charge in [-0.2, -0.15) is 18.4 Å². The number of alkyl halides is 3. The number of nitrogens with one attached hydrogen (secondary N) is 1. The number of allylic oxidation sites excluding steroid dienone is 2. The fourth-order valence-corrected chi connectivity index (χ4v) is 10.3. The van der Waals surface area contributed by atoms with Crippen molar-refractivity contribution in [2.45, 2.75) is 106 Å². The van der Waals surface area contributed by atoms with Crippen molar-refractivity contribution in [2.24, 2.45) is 57.2 Å². The van der Waals surface area contributed by atoms with Crippen molar-refractivity contribution in [1.29, 1.82) is 5.26 Å². The quantitative estimate of drug-likeness (QED) is 0.376. The maximum atomic E-state index is 14.2. The molecule has 5 nitrogen and oxygen atoms in total. The van der Waals surface area contributed by atoms with Gasteiger partial charge in [-0.25, -0.2) is 0 Å². The Bertz CT molecular complexity index is 1170. The fourth-order valence-electron chi connectivity index (χ4n) is 10.3. The maximum Gasteiger partial charge on any atom is 0.405 e. The van der Waals surface area contributed by atoms with Gasteiger partial charge in [-0.3, -0.25) is 14.4 Å². The number of halogens is 3. The standard InChI is InChI=1S/C31H41F3N2O3.C2H6/c1-17-19-6-8-28(4)20-7-9-30(26(39)36-16-31(32,33)34)11-10-27(2,3)14-21(30)24(20)22(37)12-23(28)29(19,5)13-18(15-35)25(17)38;1-2/h13,17,19-21,23-24H,6-12,14,16H2,1-5H3,(H,36,39);1-2H3. The Morgan fingerprint density at radius 3 is 2.27 bits per heavy atom. The first kappa shape index (κ1) is 31.8. The van der Waals surface area contributed by atoms with Crippen molar-refractivity contribution in [3.63, 3.8) is 0 Å². The van der Waals surface area contributed by atoms with Gasteiger partial charge in [-0.05, 0) is 84.9 Å². The number of hydrogen-bond donors (Lipinski definition) is 1. The Morgan fingerprint density at radius 2 is 1.66 bits per heavy atom. The molecule has 41 heavy (non-hydrogen) atoms. The van der Waals surface area contributed by atoms with Crippen LogP contribution < -0.4 is 5.32 Å². The average molecular weight is 577 g/mol. The molecule has 0 bridgehead atoms. The molecule has 5 aliphatic carbocycles. The molecule has 4 fully saturated rings. The normalized spacial score (nSPS) is 43.0. The summed E-state index contributed by atoms with van der Waals surface area (Å²) in [7, 11) is 0. The van der Waals surface area contributed by atoms with Crippen molar-refractivity contribution >= 4 is 17.5 Å². The first-order valence-corrected chi connectivity index (χ1v) is 15.5. The molecule has 5 aliphatic rings. The molecule has 0 aromatic heterocycles.